The Kier molecular flexibility index (Phi) is 4.53. The number of hydrogen-bond donors (Lipinski definition) is 1. The zero-order valence-electron chi connectivity index (χ0n) is 10.4. The minimum Gasteiger partial charge on any atom is -0.356 e. The van der Waals surface area contributed by atoms with Crippen LogP contribution in [0.1, 0.15) is 20.8 Å². The molecule has 4 nitrogen and oxygen atoms in total. The number of nitrogens with one attached hydrogen (secondary N) is 1. The Bertz CT molecular complexity index is 437. The first-order valence-electron chi connectivity index (χ1n) is 5.62. The lowest BCUT2D eigenvalue weighted by molar-refractivity contribution is -0.114. The van der Waals surface area contributed by atoms with Gasteiger partial charge in [0.1, 0.15) is 6.04 Å². The van der Waals surface area contributed by atoms with Crippen LogP contribution in [-0.2, 0) is 4.79 Å². The fourth-order valence-electron chi connectivity index (χ4n) is 1.72. The summed E-state index contributed by atoms with van der Waals surface area (Å²) >= 11 is 0. The third-order valence-corrected chi connectivity index (χ3v) is 2.49. The predicted molar refractivity (Wildman–Crippen MR) is 68.8 cm³/mol. The van der Waals surface area contributed by atoms with Crippen molar-refractivity contribution >= 4 is 17.3 Å². The number of amides is 1. The first-order valence-corrected chi connectivity index (χ1v) is 5.62. The van der Waals surface area contributed by atoms with Crippen molar-refractivity contribution < 1.29 is 4.79 Å². The van der Waals surface area contributed by atoms with Gasteiger partial charge in [-0.05, 0) is 32.0 Å². The zero-order chi connectivity index (χ0) is 12.8. The average Bonchev–Trinajstić information content (AvgIpc) is 2.29. The second kappa shape index (κ2) is 5.90. The molecule has 0 bridgehead atoms. The fourth-order valence-corrected chi connectivity index (χ4v) is 1.72. The van der Waals surface area contributed by atoms with Crippen molar-refractivity contribution in [3.05, 3.63) is 24.3 Å². The highest BCUT2D eigenvalue weighted by molar-refractivity contribution is 5.89. The molecule has 90 valence electrons. The van der Waals surface area contributed by atoms with Gasteiger partial charge in [-0.1, -0.05) is 6.07 Å². The van der Waals surface area contributed by atoms with Crippen molar-refractivity contribution in [1.29, 1.82) is 5.26 Å². The van der Waals surface area contributed by atoms with Crippen LogP contribution in [0.15, 0.2) is 24.3 Å². The Morgan fingerprint density at radius 2 is 2.29 bits per heavy atom. The highest BCUT2D eigenvalue weighted by Gasteiger charge is 2.12. The molecular formula is C13H17N3O. The van der Waals surface area contributed by atoms with Gasteiger partial charge in [-0.25, -0.2) is 0 Å². The van der Waals surface area contributed by atoms with E-state index in [0.717, 1.165) is 17.9 Å². The van der Waals surface area contributed by atoms with E-state index in [1.165, 1.54) is 6.92 Å². The quantitative estimate of drug-likeness (QED) is 0.865. The summed E-state index contributed by atoms with van der Waals surface area (Å²) in [5, 5.41) is 11.7. The fraction of sp³-hybridized carbons (Fsp3) is 0.385. The van der Waals surface area contributed by atoms with E-state index in [2.05, 4.69) is 11.4 Å². The molecule has 0 radical (unpaired) electrons. The Morgan fingerprint density at radius 1 is 1.59 bits per heavy atom. The van der Waals surface area contributed by atoms with E-state index in [9.17, 15) is 4.79 Å². The third-order valence-electron chi connectivity index (χ3n) is 2.49. The van der Waals surface area contributed by atoms with E-state index in [0.29, 0.717) is 0 Å². The summed E-state index contributed by atoms with van der Waals surface area (Å²) < 4.78 is 0. The molecule has 0 heterocycles. The summed E-state index contributed by atoms with van der Waals surface area (Å²) in [4.78, 5) is 13.0. The lowest BCUT2D eigenvalue weighted by Crippen LogP contribution is -2.31. The number of anilines is 2. The van der Waals surface area contributed by atoms with E-state index in [-0.39, 0.29) is 11.9 Å². The van der Waals surface area contributed by atoms with Gasteiger partial charge in [0.2, 0.25) is 5.91 Å². The van der Waals surface area contributed by atoms with Gasteiger partial charge in [-0.15, -0.1) is 0 Å². The van der Waals surface area contributed by atoms with E-state index < -0.39 is 0 Å². The van der Waals surface area contributed by atoms with E-state index >= 15 is 0 Å². The number of carbonyl (C=O) groups excluding carboxylic acids is 1. The molecule has 4 heteroatoms. The standard InChI is InChI=1S/C13H17N3O/c1-4-16(10(2)9-14)13-7-5-6-12(8-13)15-11(3)17/h5-8,10H,4H2,1-3H3,(H,15,17). The summed E-state index contributed by atoms with van der Waals surface area (Å²) in [7, 11) is 0. The topological polar surface area (TPSA) is 56.1 Å². The second-order valence-electron chi connectivity index (χ2n) is 3.82. The number of nitriles is 1. The van der Waals surface area contributed by atoms with Gasteiger partial charge in [0.25, 0.3) is 0 Å². The molecule has 0 saturated heterocycles. The molecule has 1 N–H and O–H groups in total. The van der Waals surface area contributed by atoms with Crippen molar-refractivity contribution in [2.75, 3.05) is 16.8 Å². The number of benzene rings is 1. The molecule has 0 saturated carbocycles. The van der Waals surface area contributed by atoms with Crippen LogP contribution in [0, 0.1) is 11.3 Å². The number of rotatable bonds is 4. The van der Waals surface area contributed by atoms with Crippen LogP contribution in [0.3, 0.4) is 0 Å². The zero-order valence-corrected chi connectivity index (χ0v) is 10.4. The van der Waals surface area contributed by atoms with Crippen molar-refractivity contribution in [3.63, 3.8) is 0 Å². The number of nitrogens with zero attached hydrogens (tertiary/aromatic N) is 2. The molecule has 1 amide bonds. The molecular weight excluding hydrogens is 214 g/mol. The molecule has 1 aromatic carbocycles. The van der Waals surface area contributed by atoms with E-state index in [4.69, 9.17) is 5.26 Å². The normalized spacial score (nSPS) is 11.4. The van der Waals surface area contributed by atoms with E-state index in [1.54, 1.807) is 0 Å². The first-order chi connectivity index (χ1) is 8.08. The smallest absolute Gasteiger partial charge is 0.221 e. The van der Waals surface area contributed by atoms with Crippen molar-refractivity contribution in [3.8, 4) is 6.07 Å². The number of carbonyl (C=O) groups is 1. The van der Waals surface area contributed by atoms with Gasteiger partial charge in [0.15, 0.2) is 0 Å². The Labute approximate surface area is 102 Å². The minimum absolute atomic E-state index is 0.0986. The lowest BCUT2D eigenvalue weighted by atomic mass is 10.2. The van der Waals surface area contributed by atoms with Crippen molar-refractivity contribution in [2.45, 2.75) is 26.8 Å². The van der Waals surface area contributed by atoms with Gasteiger partial charge < -0.3 is 10.2 Å². The third kappa shape index (κ3) is 3.49. The van der Waals surface area contributed by atoms with Gasteiger partial charge in [0, 0.05) is 24.8 Å². The maximum atomic E-state index is 11.0. The van der Waals surface area contributed by atoms with Gasteiger partial charge in [0.05, 0.1) is 6.07 Å². The molecule has 0 aliphatic carbocycles. The molecule has 1 unspecified atom stereocenters. The Morgan fingerprint density at radius 3 is 2.82 bits per heavy atom. The molecule has 0 aromatic heterocycles. The van der Waals surface area contributed by atoms with Crippen LogP contribution in [0.25, 0.3) is 0 Å². The summed E-state index contributed by atoms with van der Waals surface area (Å²) in [6, 6.07) is 9.53. The van der Waals surface area contributed by atoms with Crippen LogP contribution >= 0.6 is 0 Å². The maximum Gasteiger partial charge on any atom is 0.221 e. The highest BCUT2D eigenvalue weighted by atomic mass is 16.1. The first kappa shape index (κ1) is 13.0. The van der Waals surface area contributed by atoms with Gasteiger partial charge >= 0.3 is 0 Å². The predicted octanol–water partition coefficient (Wildman–Crippen LogP) is 2.38. The molecule has 17 heavy (non-hydrogen) atoms. The summed E-state index contributed by atoms with van der Waals surface area (Å²) in [6.45, 7) is 6.08. The summed E-state index contributed by atoms with van der Waals surface area (Å²) in [5.74, 6) is -0.0986. The maximum absolute atomic E-state index is 11.0. The molecule has 0 aliphatic rings. The molecule has 1 rings (SSSR count). The lowest BCUT2D eigenvalue weighted by Gasteiger charge is -2.25. The van der Waals surface area contributed by atoms with E-state index in [1.807, 2.05) is 43.0 Å². The monoisotopic (exact) mass is 231 g/mol. The van der Waals surface area contributed by atoms with Gasteiger partial charge in [-0.2, -0.15) is 5.26 Å². The van der Waals surface area contributed by atoms with Crippen LogP contribution in [-0.4, -0.2) is 18.5 Å². The average molecular weight is 231 g/mol. The van der Waals surface area contributed by atoms with Crippen LogP contribution in [0.4, 0.5) is 11.4 Å². The number of hydrogen-bond acceptors (Lipinski definition) is 3. The summed E-state index contributed by atoms with van der Waals surface area (Å²) in [5.41, 5.74) is 1.69. The molecule has 1 aromatic rings. The highest BCUT2D eigenvalue weighted by Crippen LogP contribution is 2.21. The minimum atomic E-state index is -0.187. The van der Waals surface area contributed by atoms with Crippen LogP contribution in [0.2, 0.25) is 0 Å². The molecule has 0 fully saturated rings. The van der Waals surface area contributed by atoms with Crippen LogP contribution < -0.4 is 10.2 Å². The Balaban J connectivity index is 2.97. The van der Waals surface area contributed by atoms with Gasteiger partial charge in [-0.3, -0.25) is 4.79 Å². The van der Waals surface area contributed by atoms with Crippen molar-refractivity contribution in [1.82, 2.24) is 0 Å². The largest absolute Gasteiger partial charge is 0.356 e. The molecule has 0 aliphatic heterocycles. The second-order valence-corrected chi connectivity index (χ2v) is 3.82. The molecule has 0 spiro atoms. The van der Waals surface area contributed by atoms with Crippen molar-refractivity contribution in [2.24, 2.45) is 0 Å². The Hall–Kier alpha value is -2.02. The van der Waals surface area contributed by atoms with Crippen LogP contribution in [0.5, 0.6) is 0 Å². The SMILES string of the molecule is CCN(c1cccc(NC(C)=O)c1)C(C)C#N. The summed E-state index contributed by atoms with van der Waals surface area (Å²) in [6.07, 6.45) is 0. The molecule has 1 atom stereocenters.